The molecule has 0 aliphatic heterocycles. The van der Waals surface area contributed by atoms with Crippen LogP contribution in [0.15, 0.2) is 0 Å². The van der Waals surface area contributed by atoms with Gasteiger partial charge in [0.1, 0.15) is 0 Å². The lowest BCUT2D eigenvalue weighted by atomic mass is 9.96. The van der Waals surface area contributed by atoms with Crippen LogP contribution in [0.5, 0.6) is 0 Å². The van der Waals surface area contributed by atoms with E-state index in [9.17, 15) is 5.11 Å². The quantitative estimate of drug-likeness (QED) is 0.680. The molecule has 0 unspecified atom stereocenters. The van der Waals surface area contributed by atoms with E-state index in [1.165, 1.54) is 19.4 Å². The zero-order valence-electron chi connectivity index (χ0n) is 9.92. The molecule has 0 heterocycles. The van der Waals surface area contributed by atoms with Gasteiger partial charge in [0.25, 0.3) is 0 Å². The number of hydrogen-bond acceptors (Lipinski definition) is 2. The molecule has 0 radical (unpaired) electrons. The Bertz CT molecular complexity index is 162. The first kappa shape index (κ1) is 12.0. The summed E-state index contributed by atoms with van der Waals surface area (Å²) in [7, 11) is 0. The first-order valence-electron chi connectivity index (χ1n) is 6.08. The Labute approximate surface area is 88.3 Å². The summed E-state index contributed by atoms with van der Waals surface area (Å²) in [6.07, 6.45) is 4.52. The predicted octanol–water partition coefficient (Wildman–Crippen LogP) is 2.27. The van der Waals surface area contributed by atoms with Crippen LogP contribution in [0.1, 0.15) is 46.5 Å². The highest BCUT2D eigenvalue weighted by atomic mass is 16.3. The molecule has 1 aliphatic rings. The summed E-state index contributed by atoms with van der Waals surface area (Å²) in [5.41, 5.74) is -0.453. The molecule has 0 amide bonds. The molecule has 1 saturated carbocycles. The van der Waals surface area contributed by atoms with Crippen LogP contribution in [-0.4, -0.2) is 35.2 Å². The lowest BCUT2D eigenvalue weighted by Gasteiger charge is -2.32. The third-order valence-electron chi connectivity index (χ3n) is 3.49. The van der Waals surface area contributed by atoms with Crippen molar-refractivity contribution in [1.29, 1.82) is 0 Å². The van der Waals surface area contributed by atoms with E-state index in [1.54, 1.807) is 0 Å². The predicted molar refractivity (Wildman–Crippen MR) is 60.4 cm³/mol. The molecule has 2 heteroatoms. The van der Waals surface area contributed by atoms with Gasteiger partial charge in [0, 0.05) is 13.1 Å². The van der Waals surface area contributed by atoms with Crippen molar-refractivity contribution >= 4 is 0 Å². The third-order valence-corrected chi connectivity index (χ3v) is 3.49. The van der Waals surface area contributed by atoms with Gasteiger partial charge < -0.3 is 10.0 Å². The van der Waals surface area contributed by atoms with Crippen LogP contribution in [0.2, 0.25) is 0 Å². The van der Waals surface area contributed by atoms with Crippen LogP contribution in [0.3, 0.4) is 0 Å². The largest absolute Gasteiger partial charge is 0.389 e. The first-order chi connectivity index (χ1) is 6.63. The first-order valence-corrected chi connectivity index (χ1v) is 6.08. The molecule has 1 N–H and O–H groups in total. The fraction of sp³-hybridized carbons (Fsp3) is 1.00. The standard InChI is InChI=1S/C12H25NO/c1-4-12(14,5-2)10-13(6-3)9-11-7-8-11/h11,14H,4-10H2,1-3H3. The highest BCUT2D eigenvalue weighted by Gasteiger charge is 2.29. The van der Waals surface area contributed by atoms with Gasteiger partial charge in [-0.05, 0) is 38.1 Å². The van der Waals surface area contributed by atoms with E-state index < -0.39 is 5.60 Å². The van der Waals surface area contributed by atoms with Gasteiger partial charge in [0.15, 0.2) is 0 Å². The third kappa shape index (κ3) is 3.58. The molecule has 0 aromatic rings. The summed E-state index contributed by atoms with van der Waals surface area (Å²) in [5, 5.41) is 10.2. The lowest BCUT2D eigenvalue weighted by molar-refractivity contribution is -0.00318. The highest BCUT2D eigenvalue weighted by molar-refractivity contribution is 4.83. The van der Waals surface area contributed by atoms with Crippen molar-refractivity contribution in [3.05, 3.63) is 0 Å². The second-order valence-corrected chi connectivity index (χ2v) is 4.70. The smallest absolute Gasteiger partial charge is 0.0768 e. The average molecular weight is 199 g/mol. The normalized spacial score (nSPS) is 17.8. The van der Waals surface area contributed by atoms with Gasteiger partial charge in [0.05, 0.1) is 5.60 Å². The maximum absolute atomic E-state index is 10.2. The van der Waals surface area contributed by atoms with Crippen LogP contribution in [0.4, 0.5) is 0 Å². The molecule has 0 saturated heterocycles. The minimum absolute atomic E-state index is 0.453. The molecule has 0 bridgehead atoms. The maximum atomic E-state index is 10.2. The van der Waals surface area contributed by atoms with Crippen LogP contribution < -0.4 is 0 Å². The van der Waals surface area contributed by atoms with Gasteiger partial charge in [-0.25, -0.2) is 0 Å². The minimum atomic E-state index is -0.453. The van der Waals surface area contributed by atoms with E-state index in [0.29, 0.717) is 0 Å². The molecular formula is C12H25NO. The second kappa shape index (κ2) is 5.13. The molecule has 0 atom stereocenters. The monoisotopic (exact) mass is 199 g/mol. The fourth-order valence-corrected chi connectivity index (χ4v) is 1.86. The van der Waals surface area contributed by atoms with Gasteiger partial charge >= 0.3 is 0 Å². The molecule has 14 heavy (non-hydrogen) atoms. The molecular weight excluding hydrogens is 174 g/mol. The van der Waals surface area contributed by atoms with Crippen molar-refractivity contribution in [2.75, 3.05) is 19.6 Å². The Kier molecular flexibility index (Phi) is 4.39. The van der Waals surface area contributed by atoms with Crippen molar-refractivity contribution in [2.45, 2.75) is 52.1 Å². The van der Waals surface area contributed by atoms with Crippen LogP contribution >= 0.6 is 0 Å². The SMILES string of the molecule is CCN(CC1CC1)CC(O)(CC)CC. The zero-order chi connectivity index (χ0) is 10.6. The molecule has 1 fully saturated rings. The minimum Gasteiger partial charge on any atom is -0.389 e. The summed E-state index contributed by atoms with van der Waals surface area (Å²) >= 11 is 0. The molecule has 0 aromatic carbocycles. The van der Waals surface area contributed by atoms with E-state index >= 15 is 0 Å². The number of rotatable bonds is 7. The maximum Gasteiger partial charge on any atom is 0.0768 e. The summed E-state index contributed by atoms with van der Waals surface area (Å²) < 4.78 is 0. The number of likely N-dealkylation sites (N-methyl/N-ethyl adjacent to an activating group) is 1. The topological polar surface area (TPSA) is 23.5 Å². The average Bonchev–Trinajstić information content (AvgIpc) is 3.00. The Morgan fingerprint density at radius 1 is 1.21 bits per heavy atom. The zero-order valence-corrected chi connectivity index (χ0v) is 9.92. The van der Waals surface area contributed by atoms with Crippen LogP contribution in [-0.2, 0) is 0 Å². The molecule has 0 aromatic heterocycles. The summed E-state index contributed by atoms with van der Waals surface area (Å²) in [6.45, 7) is 9.46. The molecule has 1 aliphatic carbocycles. The summed E-state index contributed by atoms with van der Waals surface area (Å²) in [5.74, 6) is 0.924. The van der Waals surface area contributed by atoms with Crippen LogP contribution in [0, 0.1) is 5.92 Å². The van der Waals surface area contributed by atoms with Crippen molar-refractivity contribution in [2.24, 2.45) is 5.92 Å². The van der Waals surface area contributed by atoms with E-state index in [4.69, 9.17) is 0 Å². The van der Waals surface area contributed by atoms with Crippen molar-refractivity contribution in [3.8, 4) is 0 Å². The Morgan fingerprint density at radius 2 is 1.79 bits per heavy atom. The van der Waals surface area contributed by atoms with E-state index in [-0.39, 0.29) is 0 Å². The van der Waals surface area contributed by atoms with Crippen LogP contribution in [0.25, 0.3) is 0 Å². The number of hydrogen-bond donors (Lipinski definition) is 1. The molecule has 2 nitrogen and oxygen atoms in total. The molecule has 1 rings (SSSR count). The number of nitrogens with zero attached hydrogens (tertiary/aromatic N) is 1. The lowest BCUT2D eigenvalue weighted by Crippen LogP contribution is -2.43. The molecule has 84 valence electrons. The second-order valence-electron chi connectivity index (χ2n) is 4.70. The van der Waals surface area contributed by atoms with Crippen molar-refractivity contribution in [3.63, 3.8) is 0 Å². The van der Waals surface area contributed by atoms with Gasteiger partial charge in [-0.2, -0.15) is 0 Å². The van der Waals surface area contributed by atoms with Gasteiger partial charge in [-0.3, -0.25) is 0 Å². The van der Waals surface area contributed by atoms with Gasteiger partial charge in [-0.15, -0.1) is 0 Å². The summed E-state index contributed by atoms with van der Waals surface area (Å²) in [6, 6.07) is 0. The van der Waals surface area contributed by atoms with Crippen molar-refractivity contribution in [1.82, 2.24) is 4.90 Å². The Morgan fingerprint density at radius 3 is 2.14 bits per heavy atom. The highest BCUT2D eigenvalue weighted by Crippen LogP contribution is 2.30. The Hall–Kier alpha value is -0.0800. The van der Waals surface area contributed by atoms with Crippen molar-refractivity contribution < 1.29 is 5.11 Å². The van der Waals surface area contributed by atoms with E-state index in [0.717, 1.165) is 31.8 Å². The Balaban J connectivity index is 2.35. The van der Waals surface area contributed by atoms with Gasteiger partial charge in [-0.1, -0.05) is 20.8 Å². The number of aliphatic hydroxyl groups is 1. The molecule has 0 spiro atoms. The fourth-order valence-electron chi connectivity index (χ4n) is 1.86. The van der Waals surface area contributed by atoms with Gasteiger partial charge in [0.2, 0.25) is 0 Å². The van der Waals surface area contributed by atoms with E-state index in [2.05, 4.69) is 25.7 Å². The summed E-state index contributed by atoms with van der Waals surface area (Å²) in [4.78, 5) is 2.41. The van der Waals surface area contributed by atoms with E-state index in [1.807, 2.05) is 0 Å².